The molecule has 7 heteroatoms. The van der Waals surface area contributed by atoms with E-state index in [4.69, 9.17) is 0 Å². The first-order valence-electron chi connectivity index (χ1n) is 9.75. The summed E-state index contributed by atoms with van der Waals surface area (Å²) in [6, 6.07) is 2.44. The molecule has 0 spiro atoms. The van der Waals surface area contributed by atoms with E-state index >= 15 is 0 Å². The summed E-state index contributed by atoms with van der Waals surface area (Å²) in [5.41, 5.74) is 2.93. The zero-order valence-corrected chi connectivity index (χ0v) is 14.6. The normalized spacial score (nSPS) is 33.1. The molecular formula is C19H22FN5O. The van der Waals surface area contributed by atoms with Gasteiger partial charge in [-0.25, -0.2) is 14.4 Å². The smallest absolute Gasteiger partial charge is 0.229 e. The van der Waals surface area contributed by atoms with Crippen molar-refractivity contribution in [2.24, 2.45) is 5.92 Å². The summed E-state index contributed by atoms with van der Waals surface area (Å²) in [5.74, 6) is 1.29. The lowest BCUT2D eigenvalue weighted by molar-refractivity contribution is -0.136. The number of piperazine rings is 1. The topological polar surface area (TPSA) is 65.1 Å². The third kappa shape index (κ3) is 2.18. The van der Waals surface area contributed by atoms with Crippen LogP contribution in [0.1, 0.15) is 43.8 Å². The molecule has 2 aliphatic heterocycles. The van der Waals surface area contributed by atoms with Crippen molar-refractivity contribution in [2.45, 2.75) is 56.3 Å². The van der Waals surface area contributed by atoms with Crippen LogP contribution in [0.15, 0.2) is 12.3 Å². The van der Waals surface area contributed by atoms with Crippen molar-refractivity contribution < 1.29 is 9.18 Å². The van der Waals surface area contributed by atoms with Crippen LogP contribution in [0.3, 0.4) is 0 Å². The lowest BCUT2D eigenvalue weighted by atomic mass is 10.1. The molecule has 1 N–H and O–H groups in total. The molecule has 2 saturated carbocycles. The van der Waals surface area contributed by atoms with Gasteiger partial charge in [0, 0.05) is 37.3 Å². The Kier molecular flexibility index (Phi) is 2.97. The molecule has 26 heavy (non-hydrogen) atoms. The van der Waals surface area contributed by atoms with Crippen LogP contribution in [0.4, 0.5) is 10.1 Å². The van der Waals surface area contributed by atoms with Crippen LogP contribution < -0.4 is 4.90 Å². The molecule has 2 bridgehead atoms. The summed E-state index contributed by atoms with van der Waals surface area (Å²) in [5, 5.41) is 0. The summed E-state index contributed by atoms with van der Waals surface area (Å²) in [6.45, 7) is 1.62. The van der Waals surface area contributed by atoms with E-state index in [9.17, 15) is 9.18 Å². The molecule has 0 radical (unpaired) electrons. The number of amides is 1. The predicted octanol–water partition coefficient (Wildman–Crippen LogP) is 2.37. The second kappa shape index (κ2) is 5.18. The lowest BCUT2D eigenvalue weighted by Gasteiger charge is -2.42. The molecule has 6 nitrogen and oxygen atoms in total. The standard InChI is InChI=1S/C19H22FN5O/c20-14-7-13(14)19(26)25-11-3-4-12(25)9-24(8-11)15-5-6-21-18-16(15)22-17(23-18)10-1-2-10/h5-6,10-14H,1-4,7-9H2,(H,21,22,23)/t11?,12?,13-,14-/m1/s1. The number of fused-ring (bicyclic) bond motifs is 3. The van der Waals surface area contributed by atoms with E-state index in [1.807, 2.05) is 17.2 Å². The molecule has 2 unspecified atom stereocenters. The van der Waals surface area contributed by atoms with E-state index < -0.39 is 6.17 Å². The highest BCUT2D eigenvalue weighted by atomic mass is 19.1. The van der Waals surface area contributed by atoms with Gasteiger partial charge in [-0.2, -0.15) is 0 Å². The van der Waals surface area contributed by atoms with E-state index in [-0.39, 0.29) is 23.9 Å². The minimum absolute atomic E-state index is 0.0436. The number of H-pyrrole nitrogens is 1. The van der Waals surface area contributed by atoms with Gasteiger partial charge in [0.15, 0.2) is 5.65 Å². The minimum atomic E-state index is -0.911. The van der Waals surface area contributed by atoms with E-state index in [1.165, 1.54) is 12.8 Å². The molecule has 4 aliphatic rings. The monoisotopic (exact) mass is 355 g/mol. The molecule has 4 atom stereocenters. The summed E-state index contributed by atoms with van der Waals surface area (Å²) >= 11 is 0. The maximum atomic E-state index is 13.4. The van der Waals surface area contributed by atoms with Gasteiger partial charge in [0.25, 0.3) is 0 Å². The van der Waals surface area contributed by atoms with Gasteiger partial charge in [-0.1, -0.05) is 0 Å². The predicted molar refractivity (Wildman–Crippen MR) is 94.7 cm³/mol. The first kappa shape index (κ1) is 14.9. The SMILES string of the molecule is O=C([C@@H]1C[C@H]1F)N1C2CCC1CN(c1ccnc3nc(C4CC4)[nH]c13)C2. The zero-order valence-electron chi connectivity index (χ0n) is 14.6. The number of carbonyl (C=O) groups is 1. The third-order valence-electron chi connectivity index (χ3n) is 6.46. The number of halogens is 1. The van der Waals surface area contributed by atoms with Gasteiger partial charge in [-0.15, -0.1) is 0 Å². The van der Waals surface area contributed by atoms with Crippen molar-refractivity contribution in [3.63, 3.8) is 0 Å². The number of anilines is 1. The Morgan fingerprint density at radius 2 is 1.92 bits per heavy atom. The Balaban J connectivity index is 1.30. The van der Waals surface area contributed by atoms with Gasteiger partial charge < -0.3 is 14.8 Å². The van der Waals surface area contributed by atoms with Crippen LogP contribution >= 0.6 is 0 Å². The molecule has 2 aromatic rings. The Hall–Kier alpha value is -2.18. The van der Waals surface area contributed by atoms with E-state index in [0.717, 1.165) is 48.6 Å². The fourth-order valence-electron chi connectivity index (χ4n) is 4.80. The third-order valence-corrected chi connectivity index (χ3v) is 6.46. The summed E-state index contributed by atoms with van der Waals surface area (Å²) < 4.78 is 13.4. The highest BCUT2D eigenvalue weighted by Crippen LogP contribution is 2.42. The van der Waals surface area contributed by atoms with Crippen LogP contribution in [0.5, 0.6) is 0 Å². The van der Waals surface area contributed by atoms with Crippen LogP contribution in [-0.2, 0) is 4.79 Å². The second-order valence-electron chi connectivity index (χ2n) is 8.32. The van der Waals surface area contributed by atoms with Crippen LogP contribution in [0, 0.1) is 5.92 Å². The number of aromatic amines is 1. The summed E-state index contributed by atoms with van der Waals surface area (Å²) in [6.07, 6.45) is 5.77. The maximum absolute atomic E-state index is 13.4. The van der Waals surface area contributed by atoms with Gasteiger partial charge >= 0.3 is 0 Å². The van der Waals surface area contributed by atoms with Crippen LogP contribution in [0.25, 0.3) is 11.2 Å². The van der Waals surface area contributed by atoms with Gasteiger partial charge in [-0.3, -0.25) is 4.79 Å². The van der Waals surface area contributed by atoms with Gasteiger partial charge in [-0.05, 0) is 38.2 Å². The van der Waals surface area contributed by atoms with Crippen LogP contribution in [-0.4, -0.2) is 57.1 Å². The molecule has 2 aromatic heterocycles. The highest BCUT2D eigenvalue weighted by molar-refractivity contribution is 5.87. The molecule has 4 heterocycles. The van der Waals surface area contributed by atoms with Crippen molar-refractivity contribution in [1.82, 2.24) is 19.9 Å². The number of pyridine rings is 1. The maximum Gasteiger partial charge on any atom is 0.229 e. The van der Waals surface area contributed by atoms with Gasteiger partial charge in [0.1, 0.15) is 17.5 Å². The molecule has 0 aromatic carbocycles. The molecule has 4 fully saturated rings. The molecule has 6 rings (SSSR count). The van der Waals surface area contributed by atoms with Crippen LogP contribution in [0.2, 0.25) is 0 Å². The van der Waals surface area contributed by atoms with Gasteiger partial charge in [0.2, 0.25) is 5.91 Å². The second-order valence-corrected chi connectivity index (χ2v) is 8.32. The summed E-state index contributed by atoms with van der Waals surface area (Å²) in [4.78, 5) is 29.6. The highest BCUT2D eigenvalue weighted by Gasteiger charge is 2.51. The number of aromatic nitrogens is 3. The largest absolute Gasteiger partial charge is 0.366 e. The fraction of sp³-hybridized carbons (Fsp3) is 0.632. The average molecular weight is 355 g/mol. The molecule has 136 valence electrons. The van der Waals surface area contributed by atoms with Gasteiger partial charge in [0.05, 0.1) is 11.6 Å². The minimum Gasteiger partial charge on any atom is -0.366 e. The molecule has 2 saturated heterocycles. The quantitative estimate of drug-likeness (QED) is 0.918. The number of hydrogen-bond acceptors (Lipinski definition) is 4. The Labute approximate surface area is 150 Å². The van der Waals surface area contributed by atoms with Crippen molar-refractivity contribution >= 4 is 22.8 Å². The molecular weight excluding hydrogens is 333 g/mol. The first-order valence-corrected chi connectivity index (χ1v) is 9.75. The number of imidazole rings is 1. The number of carbonyl (C=O) groups excluding carboxylic acids is 1. The summed E-state index contributed by atoms with van der Waals surface area (Å²) in [7, 11) is 0. The van der Waals surface area contributed by atoms with Crippen molar-refractivity contribution in [2.75, 3.05) is 18.0 Å². The lowest BCUT2D eigenvalue weighted by Crippen LogP contribution is -2.56. The van der Waals surface area contributed by atoms with Crippen molar-refractivity contribution in [3.05, 3.63) is 18.1 Å². The van der Waals surface area contributed by atoms with E-state index in [1.54, 1.807) is 0 Å². The average Bonchev–Trinajstić information content (AvgIpc) is 3.55. The number of hydrogen-bond donors (Lipinski definition) is 1. The number of nitrogens with one attached hydrogen (secondary N) is 1. The Morgan fingerprint density at radius 1 is 1.19 bits per heavy atom. The van der Waals surface area contributed by atoms with E-state index in [2.05, 4.69) is 19.9 Å². The van der Waals surface area contributed by atoms with Crippen molar-refractivity contribution in [3.8, 4) is 0 Å². The zero-order chi connectivity index (χ0) is 17.4. The number of rotatable bonds is 3. The number of nitrogens with zero attached hydrogens (tertiary/aromatic N) is 4. The molecule has 1 amide bonds. The van der Waals surface area contributed by atoms with E-state index in [0.29, 0.717) is 12.3 Å². The van der Waals surface area contributed by atoms with Crippen molar-refractivity contribution in [1.29, 1.82) is 0 Å². The number of alkyl halides is 1. The first-order chi connectivity index (χ1) is 12.7. The molecule has 2 aliphatic carbocycles. The Bertz CT molecular complexity index is 879. The Morgan fingerprint density at radius 3 is 2.58 bits per heavy atom. The fourth-order valence-corrected chi connectivity index (χ4v) is 4.80.